The number of sulfonamides is 1. The van der Waals surface area contributed by atoms with Crippen molar-refractivity contribution in [2.75, 3.05) is 12.3 Å². The minimum Gasteiger partial charge on any atom is -0.273 e. The van der Waals surface area contributed by atoms with Gasteiger partial charge in [0.05, 0.1) is 16.9 Å². The monoisotopic (exact) mass is 398 g/mol. The number of carbonyl (C=O) groups excluding carboxylic acids is 2. The van der Waals surface area contributed by atoms with Crippen LogP contribution in [0.2, 0.25) is 0 Å². The SMILES string of the molecule is Cc1ccc(C(NS(=O)(=O)CCN2C(=O)c3ccccc3C2=O)C2CC2)cc1. The standard InChI is InChI=1S/C21H22N2O4S/c1-14-6-8-15(9-7-14)19(16-10-11-16)22-28(26,27)13-12-23-20(24)17-4-2-3-5-18(17)21(23)25/h2-9,16,19,22H,10-13H2,1H3. The molecule has 2 aromatic rings. The number of hydrogen-bond donors (Lipinski definition) is 1. The van der Waals surface area contributed by atoms with Gasteiger partial charge in [0, 0.05) is 12.6 Å². The van der Waals surface area contributed by atoms with Crippen molar-refractivity contribution in [1.29, 1.82) is 0 Å². The highest BCUT2D eigenvalue weighted by atomic mass is 32.2. The summed E-state index contributed by atoms with van der Waals surface area (Å²) in [5, 5.41) is 0. The summed E-state index contributed by atoms with van der Waals surface area (Å²) in [5.41, 5.74) is 2.71. The maximum Gasteiger partial charge on any atom is 0.261 e. The third kappa shape index (κ3) is 3.72. The number of hydrogen-bond acceptors (Lipinski definition) is 4. The fourth-order valence-corrected chi connectivity index (χ4v) is 4.80. The Morgan fingerprint density at radius 1 is 1.00 bits per heavy atom. The summed E-state index contributed by atoms with van der Waals surface area (Å²) in [6.07, 6.45) is 1.97. The van der Waals surface area contributed by atoms with Crippen LogP contribution in [0.4, 0.5) is 0 Å². The fourth-order valence-electron chi connectivity index (χ4n) is 3.55. The molecular formula is C21H22N2O4S. The molecule has 0 spiro atoms. The van der Waals surface area contributed by atoms with Crippen LogP contribution in [0, 0.1) is 12.8 Å². The van der Waals surface area contributed by atoms with Gasteiger partial charge >= 0.3 is 0 Å². The van der Waals surface area contributed by atoms with E-state index < -0.39 is 21.8 Å². The molecule has 4 rings (SSSR count). The van der Waals surface area contributed by atoms with Crippen LogP contribution in [-0.4, -0.2) is 37.4 Å². The van der Waals surface area contributed by atoms with E-state index in [4.69, 9.17) is 0 Å². The van der Waals surface area contributed by atoms with E-state index in [-0.39, 0.29) is 24.3 Å². The second-order valence-electron chi connectivity index (χ2n) is 7.47. The Labute approximate surface area is 164 Å². The van der Waals surface area contributed by atoms with E-state index in [2.05, 4.69) is 4.72 Å². The molecule has 2 amide bonds. The van der Waals surface area contributed by atoms with Gasteiger partial charge in [-0.2, -0.15) is 0 Å². The first-order valence-electron chi connectivity index (χ1n) is 9.37. The molecule has 28 heavy (non-hydrogen) atoms. The van der Waals surface area contributed by atoms with Gasteiger partial charge in [0.2, 0.25) is 10.0 Å². The number of aryl methyl sites for hydroxylation is 1. The molecule has 1 N–H and O–H groups in total. The van der Waals surface area contributed by atoms with Crippen LogP contribution in [0.1, 0.15) is 50.7 Å². The van der Waals surface area contributed by atoms with E-state index in [0.717, 1.165) is 28.9 Å². The molecule has 0 bridgehead atoms. The van der Waals surface area contributed by atoms with E-state index >= 15 is 0 Å². The van der Waals surface area contributed by atoms with Crippen molar-refractivity contribution >= 4 is 21.8 Å². The summed E-state index contributed by atoms with van der Waals surface area (Å²) in [7, 11) is -3.66. The number of carbonyl (C=O) groups is 2. The van der Waals surface area contributed by atoms with Crippen LogP contribution < -0.4 is 4.72 Å². The molecule has 0 saturated heterocycles. The normalized spacial score (nSPS) is 17.7. The molecule has 1 heterocycles. The molecule has 1 atom stereocenters. The van der Waals surface area contributed by atoms with Crippen molar-refractivity contribution in [2.45, 2.75) is 25.8 Å². The van der Waals surface area contributed by atoms with Crippen LogP contribution in [-0.2, 0) is 10.0 Å². The number of nitrogens with zero attached hydrogens (tertiary/aromatic N) is 1. The van der Waals surface area contributed by atoms with E-state index in [1.54, 1.807) is 24.3 Å². The Bertz CT molecular complexity index is 992. The first-order chi connectivity index (χ1) is 13.4. The third-order valence-corrected chi connectivity index (χ3v) is 6.63. The summed E-state index contributed by atoms with van der Waals surface area (Å²) in [6, 6.07) is 14.1. The Hall–Kier alpha value is -2.51. The number of nitrogens with one attached hydrogen (secondary N) is 1. The molecule has 1 saturated carbocycles. The van der Waals surface area contributed by atoms with Crippen molar-refractivity contribution in [3.05, 3.63) is 70.8 Å². The number of benzene rings is 2. The molecule has 6 nitrogen and oxygen atoms in total. The second-order valence-corrected chi connectivity index (χ2v) is 9.34. The van der Waals surface area contributed by atoms with Gasteiger partial charge in [-0.25, -0.2) is 13.1 Å². The van der Waals surface area contributed by atoms with Gasteiger partial charge in [-0.3, -0.25) is 14.5 Å². The smallest absolute Gasteiger partial charge is 0.261 e. The predicted molar refractivity (Wildman–Crippen MR) is 105 cm³/mol. The second kappa shape index (κ2) is 7.14. The Morgan fingerprint density at radius 3 is 2.11 bits per heavy atom. The molecule has 7 heteroatoms. The van der Waals surface area contributed by atoms with Gasteiger partial charge in [-0.15, -0.1) is 0 Å². The third-order valence-electron chi connectivity index (χ3n) is 5.30. The quantitative estimate of drug-likeness (QED) is 0.727. The number of imide groups is 1. The van der Waals surface area contributed by atoms with E-state index in [0.29, 0.717) is 11.1 Å². The topological polar surface area (TPSA) is 83.6 Å². The average Bonchev–Trinajstić information content (AvgIpc) is 3.48. The van der Waals surface area contributed by atoms with Crippen LogP contribution in [0.3, 0.4) is 0 Å². The van der Waals surface area contributed by atoms with Crippen molar-refractivity contribution in [3.8, 4) is 0 Å². The van der Waals surface area contributed by atoms with Crippen molar-refractivity contribution in [2.24, 2.45) is 5.92 Å². The van der Waals surface area contributed by atoms with Gasteiger partial charge in [0.1, 0.15) is 0 Å². The highest BCUT2D eigenvalue weighted by Gasteiger charge is 2.37. The fraction of sp³-hybridized carbons (Fsp3) is 0.333. The minimum absolute atomic E-state index is 0.160. The summed E-state index contributed by atoms with van der Waals surface area (Å²) in [6.45, 7) is 1.83. The molecule has 2 aromatic carbocycles. The molecule has 2 aliphatic rings. The average molecular weight is 398 g/mol. The van der Waals surface area contributed by atoms with Gasteiger partial charge in [-0.1, -0.05) is 42.0 Å². The number of rotatable bonds is 7. The molecular weight excluding hydrogens is 376 g/mol. The van der Waals surface area contributed by atoms with Crippen LogP contribution in [0.25, 0.3) is 0 Å². The first kappa shape index (κ1) is 18.8. The molecule has 1 fully saturated rings. The molecule has 0 aromatic heterocycles. The van der Waals surface area contributed by atoms with E-state index in [1.807, 2.05) is 31.2 Å². The van der Waals surface area contributed by atoms with Crippen molar-refractivity contribution < 1.29 is 18.0 Å². The molecule has 1 aliphatic heterocycles. The number of fused-ring (bicyclic) bond motifs is 1. The van der Waals surface area contributed by atoms with Crippen LogP contribution >= 0.6 is 0 Å². The zero-order chi connectivity index (χ0) is 19.9. The minimum atomic E-state index is -3.66. The molecule has 146 valence electrons. The summed E-state index contributed by atoms with van der Waals surface area (Å²) < 4.78 is 28.2. The maximum absolute atomic E-state index is 12.7. The first-order valence-corrected chi connectivity index (χ1v) is 11.0. The van der Waals surface area contributed by atoms with Crippen LogP contribution in [0.15, 0.2) is 48.5 Å². The van der Waals surface area contributed by atoms with E-state index in [9.17, 15) is 18.0 Å². The number of amides is 2. The summed E-state index contributed by atoms with van der Waals surface area (Å²) in [5.74, 6) is -0.897. The molecule has 1 aliphatic carbocycles. The summed E-state index contributed by atoms with van der Waals surface area (Å²) in [4.78, 5) is 25.8. The highest BCUT2D eigenvalue weighted by Crippen LogP contribution is 2.41. The Balaban J connectivity index is 1.45. The van der Waals surface area contributed by atoms with Gasteiger partial charge in [0.15, 0.2) is 0 Å². The van der Waals surface area contributed by atoms with Gasteiger partial charge < -0.3 is 0 Å². The van der Waals surface area contributed by atoms with Crippen molar-refractivity contribution in [1.82, 2.24) is 9.62 Å². The van der Waals surface area contributed by atoms with Gasteiger partial charge in [-0.05, 0) is 43.4 Å². The summed E-state index contributed by atoms with van der Waals surface area (Å²) >= 11 is 0. The lowest BCUT2D eigenvalue weighted by molar-refractivity contribution is 0.0664. The Kier molecular flexibility index (Phi) is 4.81. The zero-order valence-corrected chi connectivity index (χ0v) is 16.4. The largest absolute Gasteiger partial charge is 0.273 e. The van der Waals surface area contributed by atoms with Crippen molar-refractivity contribution in [3.63, 3.8) is 0 Å². The lowest BCUT2D eigenvalue weighted by Crippen LogP contribution is -2.39. The highest BCUT2D eigenvalue weighted by molar-refractivity contribution is 7.89. The van der Waals surface area contributed by atoms with Crippen LogP contribution in [0.5, 0.6) is 0 Å². The zero-order valence-electron chi connectivity index (χ0n) is 15.6. The maximum atomic E-state index is 12.7. The molecule has 1 unspecified atom stereocenters. The van der Waals surface area contributed by atoms with E-state index in [1.165, 1.54) is 0 Å². The van der Waals surface area contributed by atoms with Gasteiger partial charge in [0.25, 0.3) is 11.8 Å². The lowest BCUT2D eigenvalue weighted by atomic mass is 10.0. The predicted octanol–water partition coefficient (Wildman–Crippen LogP) is 2.66. The Morgan fingerprint density at radius 2 is 1.57 bits per heavy atom. The lowest BCUT2D eigenvalue weighted by Gasteiger charge is -2.20. The molecule has 0 radical (unpaired) electrons.